The summed E-state index contributed by atoms with van der Waals surface area (Å²) in [6.45, 7) is 1.04. The average Bonchev–Trinajstić information content (AvgIpc) is 1.95. The number of aliphatic carboxylic acids is 1. The first-order valence-electron chi connectivity index (χ1n) is 3.38. The van der Waals surface area contributed by atoms with Gasteiger partial charge in [-0.25, -0.2) is 4.79 Å². The summed E-state index contributed by atoms with van der Waals surface area (Å²) in [4.78, 5) is 10.1. The van der Waals surface area contributed by atoms with E-state index >= 15 is 0 Å². The standard InChI is InChI=1S/C6H9F3O3S/c1-4(5(10)11)12-2-3-13-6(7,8)9/h4H,2-3H2,1H3,(H,10,11)/t4-/m1/s1. The van der Waals surface area contributed by atoms with E-state index in [1.54, 1.807) is 0 Å². The van der Waals surface area contributed by atoms with Crippen molar-refractivity contribution in [3.8, 4) is 0 Å². The molecule has 7 heteroatoms. The molecule has 0 rings (SSSR count). The molecule has 0 unspecified atom stereocenters. The van der Waals surface area contributed by atoms with E-state index in [0.29, 0.717) is 0 Å². The molecule has 0 radical (unpaired) electrons. The molecule has 3 nitrogen and oxygen atoms in total. The van der Waals surface area contributed by atoms with Crippen molar-refractivity contribution < 1.29 is 27.8 Å². The molecule has 13 heavy (non-hydrogen) atoms. The summed E-state index contributed by atoms with van der Waals surface area (Å²) < 4.78 is 39.2. The number of thioether (sulfide) groups is 1. The van der Waals surface area contributed by atoms with Crippen molar-refractivity contribution in [3.63, 3.8) is 0 Å². The molecule has 0 aliphatic heterocycles. The highest BCUT2D eigenvalue weighted by atomic mass is 32.2. The van der Waals surface area contributed by atoms with Crippen LogP contribution in [-0.2, 0) is 9.53 Å². The minimum Gasteiger partial charge on any atom is -0.479 e. The van der Waals surface area contributed by atoms with Crippen molar-refractivity contribution in [3.05, 3.63) is 0 Å². The Hall–Kier alpha value is -0.430. The third kappa shape index (κ3) is 7.92. The fourth-order valence-electron chi connectivity index (χ4n) is 0.454. The summed E-state index contributed by atoms with van der Waals surface area (Å²) in [5, 5.41) is 8.29. The Labute approximate surface area is 77.3 Å². The van der Waals surface area contributed by atoms with E-state index in [2.05, 4.69) is 4.74 Å². The van der Waals surface area contributed by atoms with Gasteiger partial charge in [0.15, 0.2) is 6.10 Å². The largest absolute Gasteiger partial charge is 0.479 e. The Kier molecular flexibility index (Phi) is 5.16. The lowest BCUT2D eigenvalue weighted by Gasteiger charge is -2.08. The van der Waals surface area contributed by atoms with E-state index < -0.39 is 17.6 Å². The molecule has 0 aromatic heterocycles. The molecule has 1 atom stereocenters. The van der Waals surface area contributed by atoms with Crippen LogP contribution in [0.1, 0.15) is 6.92 Å². The molecule has 0 fully saturated rings. The number of rotatable bonds is 5. The van der Waals surface area contributed by atoms with Gasteiger partial charge in [0.25, 0.3) is 0 Å². The lowest BCUT2D eigenvalue weighted by Crippen LogP contribution is -2.21. The summed E-state index contributed by atoms with van der Waals surface area (Å²) in [5.74, 6) is -1.47. The van der Waals surface area contributed by atoms with Crippen molar-refractivity contribution >= 4 is 17.7 Å². The lowest BCUT2D eigenvalue weighted by atomic mass is 10.4. The van der Waals surface area contributed by atoms with Gasteiger partial charge in [0.1, 0.15) is 0 Å². The number of alkyl halides is 3. The molecule has 0 spiro atoms. The van der Waals surface area contributed by atoms with Gasteiger partial charge in [-0.3, -0.25) is 0 Å². The molecule has 0 aromatic rings. The van der Waals surface area contributed by atoms with Crippen LogP contribution >= 0.6 is 11.8 Å². The first kappa shape index (κ1) is 12.6. The normalized spacial score (nSPS) is 14.2. The molecule has 0 saturated carbocycles. The Morgan fingerprint density at radius 3 is 2.54 bits per heavy atom. The highest BCUT2D eigenvalue weighted by molar-refractivity contribution is 8.00. The number of halogens is 3. The van der Waals surface area contributed by atoms with Crippen LogP contribution in [0.25, 0.3) is 0 Å². The average molecular weight is 218 g/mol. The van der Waals surface area contributed by atoms with Crippen LogP contribution in [0, 0.1) is 0 Å². The van der Waals surface area contributed by atoms with Crippen LogP contribution in [0.2, 0.25) is 0 Å². The quantitative estimate of drug-likeness (QED) is 0.714. The molecule has 78 valence electrons. The van der Waals surface area contributed by atoms with Crippen molar-refractivity contribution in [2.24, 2.45) is 0 Å². The van der Waals surface area contributed by atoms with Crippen LogP contribution in [-0.4, -0.2) is 35.0 Å². The monoisotopic (exact) mass is 218 g/mol. The predicted molar refractivity (Wildman–Crippen MR) is 41.6 cm³/mol. The fourth-order valence-corrected chi connectivity index (χ4v) is 0.865. The second kappa shape index (κ2) is 5.33. The summed E-state index contributed by atoms with van der Waals surface area (Å²) in [6.07, 6.45) is -1.06. The Morgan fingerprint density at radius 1 is 1.62 bits per heavy atom. The second-order valence-corrected chi connectivity index (χ2v) is 3.31. The topological polar surface area (TPSA) is 46.5 Å². The Bertz CT molecular complexity index is 171. The maximum atomic E-state index is 11.5. The van der Waals surface area contributed by atoms with Gasteiger partial charge in [-0.2, -0.15) is 13.2 Å². The molecule has 0 heterocycles. The van der Waals surface area contributed by atoms with E-state index in [-0.39, 0.29) is 24.1 Å². The third-order valence-electron chi connectivity index (χ3n) is 1.06. The van der Waals surface area contributed by atoms with E-state index in [9.17, 15) is 18.0 Å². The SMILES string of the molecule is C[C@@H](OCCSC(F)(F)F)C(=O)O. The molecular weight excluding hydrogens is 209 g/mol. The first-order valence-corrected chi connectivity index (χ1v) is 4.36. The van der Waals surface area contributed by atoms with Gasteiger partial charge in [0.05, 0.1) is 6.61 Å². The lowest BCUT2D eigenvalue weighted by molar-refractivity contribution is -0.148. The summed E-state index contributed by atoms with van der Waals surface area (Å²) in [6, 6.07) is 0. The Morgan fingerprint density at radius 2 is 2.15 bits per heavy atom. The van der Waals surface area contributed by atoms with Gasteiger partial charge >= 0.3 is 11.5 Å². The van der Waals surface area contributed by atoms with Crippen LogP contribution in [0.3, 0.4) is 0 Å². The number of hydrogen-bond acceptors (Lipinski definition) is 3. The zero-order valence-electron chi connectivity index (χ0n) is 6.80. The fraction of sp³-hybridized carbons (Fsp3) is 0.833. The van der Waals surface area contributed by atoms with Gasteiger partial charge in [0.2, 0.25) is 0 Å². The highest BCUT2D eigenvalue weighted by Crippen LogP contribution is 2.29. The molecule has 0 saturated heterocycles. The van der Waals surface area contributed by atoms with Crippen molar-refractivity contribution in [1.29, 1.82) is 0 Å². The maximum absolute atomic E-state index is 11.5. The molecule has 0 amide bonds. The minimum atomic E-state index is -4.28. The van der Waals surface area contributed by atoms with Gasteiger partial charge in [-0.05, 0) is 18.7 Å². The zero-order valence-corrected chi connectivity index (χ0v) is 7.61. The predicted octanol–water partition coefficient (Wildman–Crippen LogP) is 1.73. The van der Waals surface area contributed by atoms with E-state index in [1.165, 1.54) is 6.92 Å². The van der Waals surface area contributed by atoms with Crippen LogP contribution in [0.15, 0.2) is 0 Å². The maximum Gasteiger partial charge on any atom is 0.441 e. The molecular formula is C6H9F3O3S. The summed E-state index contributed by atoms with van der Waals surface area (Å²) in [5.41, 5.74) is -4.28. The Balaban J connectivity index is 3.41. The van der Waals surface area contributed by atoms with Crippen LogP contribution in [0.5, 0.6) is 0 Å². The highest BCUT2D eigenvalue weighted by Gasteiger charge is 2.27. The van der Waals surface area contributed by atoms with E-state index in [1.807, 2.05) is 0 Å². The first-order chi connectivity index (χ1) is 5.83. The van der Waals surface area contributed by atoms with E-state index in [0.717, 1.165) is 0 Å². The third-order valence-corrected chi connectivity index (χ3v) is 1.76. The molecule has 0 bridgehead atoms. The second-order valence-electron chi connectivity index (χ2n) is 2.15. The number of carboxylic acid groups (broad SMARTS) is 1. The minimum absolute atomic E-state index is 0.225. The smallest absolute Gasteiger partial charge is 0.441 e. The molecule has 0 aromatic carbocycles. The van der Waals surface area contributed by atoms with Crippen LogP contribution in [0.4, 0.5) is 13.2 Å². The number of carbonyl (C=O) groups is 1. The number of carboxylic acids is 1. The van der Waals surface area contributed by atoms with Crippen LogP contribution < -0.4 is 0 Å². The van der Waals surface area contributed by atoms with Crippen molar-refractivity contribution in [2.45, 2.75) is 18.5 Å². The number of ether oxygens (including phenoxy) is 1. The van der Waals surface area contributed by atoms with Crippen molar-refractivity contribution in [1.82, 2.24) is 0 Å². The molecule has 1 N–H and O–H groups in total. The van der Waals surface area contributed by atoms with E-state index in [4.69, 9.17) is 5.11 Å². The molecule has 0 aliphatic rings. The van der Waals surface area contributed by atoms with Gasteiger partial charge in [-0.15, -0.1) is 0 Å². The van der Waals surface area contributed by atoms with Gasteiger partial charge in [-0.1, -0.05) is 0 Å². The number of hydrogen-bond donors (Lipinski definition) is 1. The summed E-state index contributed by atoms with van der Waals surface area (Å²) in [7, 11) is 0. The summed E-state index contributed by atoms with van der Waals surface area (Å²) >= 11 is -0.231. The van der Waals surface area contributed by atoms with Crippen molar-refractivity contribution in [2.75, 3.05) is 12.4 Å². The van der Waals surface area contributed by atoms with Gasteiger partial charge < -0.3 is 9.84 Å². The van der Waals surface area contributed by atoms with Gasteiger partial charge in [0, 0.05) is 5.75 Å². The molecule has 0 aliphatic carbocycles. The zero-order chi connectivity index (χ0) is 10.5.